The molecule has 0 saturated carbocycles. The van der Waals surface area contributed by atoms with Crippen LogP contribution in [0, 0.1) is 5.92 Å². The summed E-state index contributed by atoms with van der Waals surface area (Å²) in [5, 5.41) is 12.0. The summed E-state index contributed by atoms with van der Waals surface area (Å²) in [5.74, 6) is 3.01. The first-order chi connectivity index (χ1) is 14.5. The molecular formula is C22H33N5O3. The summed E-state index contributed by atoms with van der Waals surface area (Å²) in [6.07, 6.45) is 1.63. The summed E-state index contributed by atoms with van der Waals surface area (Å²) < 4.78 is 12.7. The van der Waals surface area contributed by atoms with Gasteiger partial charge in [-0.3, -0.25) is 9.69 Å². The second-order valence-electron chi connectivity index (χ2n) is 8.15. The minimum atomic E-state index is -0.172. The number of para-hydroxylation sites is 1. The van der Waals surface area contributed by atoms with E-state index in [4.69, 9.17) is 9.47 Å². The van der Waals surface area contributed by atoms with Crippen molar-refractivity contribution in [3.05, 3.63) is 41.5 Å². The fraction of sp³-hybridized carbons (Fsp3) is 0.591. The largest absolute Gasteiger partial charge is 0.496 e. The van der Waals surface area contributed by atoms with Crippen LogP contribution >= 0.6 is 0 Å². The van der Waals surface area contributed by atoms with E-state index in [9.17, 15) is 4.79 Å². The number of carbonyl (C=O) groups is 1. The minimum Gasteiger partial charge on any atom is -0.496 e. The molecule has 1 aromatic heterocycles. The van der Waals surface area contributed by atoms with Crippen LogP contribution in [0.5, 0.6) is 5.75 Å². The first kappa shape index (κ1) is 22.2. The maximum atomic E-state index is 12.2. The molecule has 0 fully saturated rings. The van der Waals surface area contributed by atoms with Gasteiger partial charge in [-0.2, -0.15) is 0 Å². The number of benzene rings is 1. The number of ether oxygens (including phenoxy) is 2. The van der Waals surface area contributed by atoms with Crippen LogP contribution in [0.1, 0.15) is 43.5 Å². The van der Waals surface area contributed by atoms with Gasteiger partial charge in [0.2, 0.25) is 5.91 Å². The van der Waals surface area contributed by atoms with Crippen molar-refractivity contribution in [2.75, 3.05) is 33.9 Å². The molecule has 0 radical (unpaired) electrons. The van der Waals surface area contributed by atoms with E-state index in [1.165, 1.54) is 12.7 Å². The van der Waals surface area contributed by atoms with Gasteiger partial charge in [0.25, 0.3) is 0 Å². The predicted octanol–water partition coefficient (Wildman–Crippen LogP) is 2.19. The van der Waals surface area contributed by atoms with Crippen molar-refractivity contribution >= 4 is 5.91 Å². The highest BCUT2D eigenvalue weighted by molar-refractivity contribution is 5.77. The zero-order valence-corrected chi connectivity index (χ0v) is 18.4. The Labute approximate surface area is 178 Å². The van der Waals surface area contributed by atoms with Crippen LogP contribution < -0.4 is 10.1 Å². The van der Waals surface area contributed by atoms with Gasteiger partial charge in [0.05, 0.1) is 13.2 Å². The molecule has 1 N–H and O–H groups in total. The number of amides is 1. The third kappa shape index (κ3) is 5.58. The van der Waals surface area contributed by atoms with Crippen molar-refractivity contribution in [2.45, 2.75) is 45.8 Å². The molecule has 1 unspecified atom stereocenters. The van der Waals surface area contributed by atoms with Gasteiger partial charge in [0.15, 0.2) is 5.82 Å². The number of hydrogen-bond donors (Lipinski definition) is 1. The lowest BCUT2D eigenvalue weighted by atomic mass is 10.0. The Morgan fingerprint density at radius 1 is 1.17 bits per heavy atom. The lowest BCUT2D eigenvalue weighted by Gasteiger charge is -2.22. The summed E-state index contributed by atoms with van der Waals surface area (Å²) >= 11 is 0. The standard InChI is InChI=1S/C22H33N5O3/c1-16(2)13-18(23-21(28)15-29-3)22-25-24-20-9-10-26(11-12-27(20)22)14-17-7-5-6-8-19(17)30-4/h5-8,16,18H,9-15H2,1-4H3,(H,23,28). The van der Waals surface area contributed by atoms with E-state index in [0.29, 0.717) is 5.92 Å². The van der Waals surface area contributed by atoms with Gasteiger partial charge in [-0.25, -0.2) is 0 Å². The summed E-state index contributed by atoms with van der Waals surface area (Å²) in [6, 6.07) is 7.97. The molecule has 2 aromatic rings. The van der Waals surface area contributed by atoms with E-state index in [-0.39, 0.29) is 18.6 Å². The molecule has 1 aromatic carbocycles. The van der Waals surface area contributed by atoms with Gasteiger partial charge in [-0.1, -0.05) is 32.0 Å². The molecule has 3 rings (SSSR count). The second kappa shape index (κ2) is 10.5. The van der Waals surface area contributed by atoms with E-state index >= 15 is 0 Å². The number of nitrogens with one attached hydrogen (secondary N) is 1. The Balaban J connectivity index is 1.73. The molecule has 8 nitrogen and oxygen atoms in total. The second-order valence-corrected chi connectivity index (χ2v) is 8.15. The maximum absolute atomic E-state index is 12.2. The number of methoxy groups -OCH3 is 2. The lowest BCUT2D eigenvalue weighted by Crippen LogP contribution is -2.34. The van der Waals surface area contributed by atoms with Crippen molar-refractivity contribution in [3.8, 4) is 5.75 Å². The highest BCUT2D eigenvalue weighted by Gasteiger charge is 2.26. The van der Waals surface area contributed by atoms with Gasteiger partial charge >= 0.3 is 0 Å². The number of carbonyl (C=O) groups excluding carboxylic acids is 1. The van der Waals surface area contributed by atoms with E-state index in [1.807, 2.05) is 18.2 Å². The van der Waals surface area contributed by atoms with E-state index in [2.05, 4.69) is 44.9 Å². The number of hydrogen-bond acceptors (Lipinski definition) is 6. The molecule has 1 aliphatic heterocycles. The molecule has 0 aliphatic carbocycles. The third-order valence-electron chi connectivity index (χ3n) is 5.36. The lowest BCUT2D eigenvalue weighted by molar-refractivity contribution is -0.125. The van der Waals surface area contributed by atoms with Gasteiger partial charge in [0.1, 0.15) is 18.2 Å². The Morgan fingerprint density at radius 2 is 1.97 bits per heavy atom. The van der Waals surface area contributed by atoms with Gasteiger partial charge in [-0.15, -0.1) is 10.2 Å². The molecule has 2 heterocycles. The van der Waals surface area contributed by atoms with Crippen molar-refractivity contribution in [3.63, 3.8) is 0 Å². The van der Waals surface area contributed by atoms with Gasteiger partial charge < -0.3 is 19.4 Å². The summed E-state index contributed by atoms with van der Waals surface area (Å²) in [7, 11) is 3.23. The molecule has 1 atom stereocenters. The Morgan fingerprint density at radius 3 is 2.70 bits per heavy atom. The Bertz CT molecular complexity index is 836. The van der Waals surface area contributed by atoms with E-state index in [1.54, 1.807) is 7.11 Å². The van der Waals surface area contributed by atoms with E-state index in [0.717, 1.165) is 56.4 Å². The molecule has 30 heavy (non-hydrogen) atoms. The maximum Gasteiger partial charge on any atom is 0.246 e. The first-order valence-electron chi connectivity index (χ1n) is 10.6. The van der Waals surface area contributed by atoms with Crippen LogP contribution in [0.15, 0.2) is 24.3 Å². The average Bonchev–Trinajstić information content (AvgIpc) is 3.02. The van der Waals surface area contributed by atoms with Gasteiger partial charge in [-0.05, 0) is 18.4 Å². The highest BCUT2D eigenvalue weighted by Crippen LogP contribution is 2.24. The van der Waals surface area contributed by atoms with Crippen molar-refractivity contribution in [2.24, 2.45) is 5.92 Å². The third-order valence-corrected chi connectivity index (χ3v) is 5.36. The van der Waals surface area contributed by atoms with Crippen molar-refractivity contribution in [1.82, 2.24) is 25.0 Å². The minimum absolute atomic E-state index is 0.0439. The van der Waals surface area contributed by atoms with Crippen LogP contribution in [0.3, 0.4) is 0 Å². The monoisotopic (exact) mass is 415 g/mol. The van der Waals surface area contributed by atoms with Gasteiger partial charge in [0, 0.05) is 45.3 Å². The quantitative estimate of drug-likeness (QED) is 0.676. The molecule has 1 amide bonds. The first-order valence-corrected chi connectivity index (χ1v) is 10.6. The van der Waals surface area contributed by atoms with Crippen LogP contribution in [-0.4, -0.2) is 59.5 Å². The van der Waals surface area contributed by atoms with Crippen LogP contribution in [-0.2, 0) is 29.0 Å². The highest BCUT2D eigenvalue weighted by atomic mass is 16.5. The number of rotatable bonds is 9. The Kier molecular flexibility index (Phi) is 7.81. The summed E-state index contributed by atoms with van der Waals surface area (Å²) in [4.78, 5) is 14.6. The summed E-state index contributed by atoms with van der Waals surface area (Å²) in [5.41, 5.74) is 1.18. The Hall–Kier alpha value is -2.45. The number of fused-ring (bicyclic) bond motifs is 1. The van der Waals surface area contributed by atoms with Crippen LogP contribution in [0.4, 0.5) is 0 Å². The molecule has 8 heteroatoms. The molecular weight excluding hydrogens is 382 g/mol. The van der Waals surface area contributed by atoms with Crippen LogP contribution in [0.2, 0.25) is 0 Å². The van der Waals surface area contributed by atoms with Crippen LogP contribution in [0.25, 0.3) is 0 Å². The smallest absolute Gasteiger partial charge is 0.246 e. The predicted molar refractivity (Wildman–Crippen MR) is 114 cm³/mol. The zero-order chi connectivity index (χ0) is 21.5. The molecule has 0 bridgehead atoms. The molecule has 0 saturated heterocycles. The van der Waals surface area contributed by atoms with E-state index < -0.39 is 0 Å². The number of aromatic nitrogens is 3. The fourth-order valence-corrected chi connectivity index (χ4v) is 3.95. The van der Waals surface area contributed by atoms with Crippen molar-refractivity contribution in [1.29, 1.82) is 0 Å². The molecule has 164 valence electrons. The molecule has 1 aliphatic rings. The molecule has 0 spiro atoms. The normalized spacial score (nSPS) is 15.5. The fourth-order valence-electron chi connectivity index (χ4n) is 3.95. The summed E-state index contributed by atoms with van der Waals surface area (Å²) in [6.45, 7) is 7.74. The van der Waals surface area contributed by atoms with Crippen molar-refractivity contribution < 1.29 is 14.3 Å². The average molecular weight is 416 g/mol. The zero-order valence-electron chi connectivity index (χ0n) is 18.4. The topological polar surface area (TPSA) is 81.5 Å². The number of nitrogens with zero attached hydrogens (tertiary/aromatic N) is 4. The SMILES string of the molecule is COCC(=O)NC(CC(C)C)c1nnc2n1CCN(Cc1ccccc1OC)CC2.